The van der Waals surface area contributed by atoms with Crippen LogP contribution in [0.2, 0.25) is 0 Å². The van der Waals surface area contributed by atoms with Gasteiger partial charge in [0.2, 0.25) is 0 Å². The number of methoxy groups -OCH3 is 4. The first-order valence-electron chi connectivity index (χ1n) is 11.9. The predicted molar refractivity (Wildman–Crippen MR) is 145 cm³/mol. The summed E-state index contributed by atoms with van der Waals surface area (Å²) in [6, 6.07) is 11.2. The summed E-state index contributed by atoms with van der Waals surface area (Å²) in [6.45, 7) is 5.44. The minimum absolute atomic E-state index is 0. The molecule has 1 atom stereocenters. The minimum Gasteiger partial charge on any atom is -0.493 e. The molecule has 0 bridgehead atoms. The molecule has 2 rings (SSSR count). The third kappa shape index (κ3) is 7.72. The van der Waals surface area contributed by atoms with Crippen molar-refractivity contribution >= 4 is 18.4 Å². The van der Waals surface area contributed by atoms with Crippen LogP contribution in [0.25, 0.3) is 0 Å². The van der Waals surface area contributed by atoms with Gasteiger partial charge in [-0.2, -0.15) is 0 Å². The Bertz CT molecular complexity index is 1020. The van der Waals surface area contributed by atoms with E-state index < -0.39 is 11.4 Å². The van der Waals surface area contributed by atoms with Gasteiger partial charge in [-0.25, -0.2) is 4.79 Å². The quantitative estimate of drug-likeness (QED) is 0.225. The number of halogens is 1. The normalized spacial score (nSPS) is 12.4. The van der Waals surface area contributed by atoms with E-state index >= 15 is 0 Å². The molecule has 0 saturated heterocycles. The van der Waals surface area contributed by atoms with Crippen LogP contribution in [-0.2, 0) is 21.5 Å². The SMILES string of the molecule is COc1ccc(CCN(C)CCCC(C(=O)ON=O)(c2ccc(OC)c(OC)c2)C(C)C)cc1OC.Cl. The van der Waals surface area contributed by atoms with Crippen molar-refractivity contribution < 1.29 is 28.6 Å². The average Bonchev–Trinajstić information content (AvgIpc) is 2.89. The van der Waals surface area contributed by atoms with Crippen LogP contribution in [0.3, 0.4) is 0 Å². The van der Waals surface area contributed by atoms with Gasteiger partial charge in [-0.1, -0.05) is 26.0 Å². The van der Waals surface area contributed by atoms with Gasteiger partial charge in [0, 0.05) is 6.54 Å². The molecular weight excluding hydrogens is 500 g/mol. The Balaban J connectivity index is 0.00000684. The summed E-state index contributed by atoms with van der Waals surface area (Å²) in [5.74, 6) is 1.62. The largest absolute Gasteiger partial charge is 0.493 e. The molecule has 0 heterocycles. The van der Waals surface area contributed by atoms with E-state index in [1.807, 2.05) is 45.2 Å². The van der Waals surface area contributed by atoms with E-state index in [-0.39, 0.29) is 18.3 Å². The number of carbonyl (C=O) groups is 1. The number of hydrogen-bond acceptors (Lipinski definition) is 9. The van der Waals surface area contributed by atoms with Crippen LogP contribution in [0.1, 0.15) is 37.8 Å². The summed E-state index contributed by atoms with van der Waals surface area (Å²) < 4.78 is 21.5. The number of ether oxygens (including phenoxy) is 4. The van der Waals surface area contributed by atoms with Crippen molar-refractivity contribution in [3.05, 3.63) is 52.4 Å². The molecule has 0 radical (unpaired) electrons. The fourth-order valence-corrected chi connectivity index (χ4v) is 4.55. The highest BCUT2D eigenvalue weighted by Crippen LogP contribution is 2.42. The molecule has 0 aliphatic carbocycles. The standard InChI is InChI=1S/C27H38N2O7.ClH/c1-19(2)27(26(30)36-28-31,21-10-12-23(33-5)25(18-21)35-7)14-8-15-29(3)16-13-20-9-11-22(32-4)24(17-20)34-6;/h9-12,17-19H,8,13-16H2,1-7H3;1H. The molecule has 2 aromatic rings. The second-order valence-electron chi connectivity index (χ2n) is 9.00. The van der Waals surface area contributed by atoms with Crippen molar-refractivity contribution in [1.82, 2.24) is 4.90 Å². The molecule has 0 aliphatic rings. The zero-order valence-corrected chi connectivity index (χ0v) is 23.6. The maximum Gasteiger partial charge on any atom is 0.349 e. The molecule has 0 N–H and O–H groups in total. The van der Waals surface area contributed by atoms with Crippen molar-refractivity contribution in [3.8, 4) is 23.0 Å². The molecule has 0 spiro atoms. The van der Waals surface area contributed by atoms with E-state index in [0.29, 0.717) is 41.4 Å². The molecule has 9 nitrogen and oxygen atoms in total. The van der Waals surface area contributed by atoms with Gasteiger partial charge >= 0.3 is 5.97 Å². The third-order valence-corrected chi connectivity index (χ3v) is 6.71. The first-order chi connectivity index (χ1) is 17.3. The minimum atomic E-state index is -1.07. The Labute approximate surface area is 225 Å². The third-order valence-electron chi connectivity index (χ3n) is 6.71. The Morgan fingerprint density at radius 1 is 0.892 bits per heavy atom. The zero-order valence-electron chi connectivity index (χ0n) is 22.7. The second kappa shape index (κ2) is 15.3. The van der Waals surface area contributed by atoms with Gasteiger partial charge in [0.25, 0.3) is 0 Å². The number of benzene rings is 2. The number of hydrogen-bond donors (Lipinski definition) is 0. The lowest BCUT2D eigenvalue weighted by atomic mass is 9.68. The Morgan fingerprint density at radius 3 is 2.00 bits per heavy atom. The van der Waals surface area contributed by atoms with Crippen molar-refractivity contribution in [1.29, 1.82) is 0 Å². The topological polar surface area (TPSA) is 95.9 Å². The lowest BCUT2D eigenvalue weighted by Crippen LogP contribution is -2.42. The van der Waals surface area contributed by atoms with Crippen LogP contribution < -0.4 is 18.9 Å². The van der Waals surface area contributed by atoms with E-state index in [1.54, 1.807) is 33.5 Å². The lowest BCUT2D eigenvalue weighted by Gasteiger charge is -2.35. The summed E-state index contributed by atoms with van der Waals surface area (Å²) >= 11 is 0. The first-order valence-corrected chi connectivity index (χ1v) is 11.9. The number of carbonyl (C=O) groups excluding carboxylic acids is 1. The van der Waals surface area contributed by atoms with Crippen molar-refractivity contribution in [2.45, 2.75) is 38.5 Å². The van der Waals surface area contributed by atoms with Gasteiger partial charge in [-0.05, 0) is 74.2 Å². The highest BCUT2D eigenvalue weighted by atomic mass is 35.5. The molecule has 10 heteroatoms. The summed E-state index contributed by atoms with van der Waals surface area (Å²) in [7, 11) is 8.37. The van der Waals surface area contributed by atoms with Crippen LogP contribution >= 0.6 is 12.4 Å². The average molecular weight is 539 g/mol. The van der Waals surface area contributed by atoms with E-state index in [4.69, 9.17) is 18.9 Å². The van der Waals surface area contributed by atoms with E-state index in [1.165, 1.54) is 7.11 Å². The number of rotatable bonds is 15. The number of nitrogens with zero attached hydrogens (tertiary/aromatic N) is 2. The van der Waals surface area contributed by atoms with Crippen LogP contribution in [0.5, 0.6) is 23.0 Å². The second-order valence-corrected chi connectivity index (χ2v) is 9.00. The maximum absolute atomic E-state index is 13.1. The van der Waals surface area contributed by atoms with Crippen LogP contribution in [-0.4, -0.2) is 59.4 Å². The summed E-state index contributed by atoms with van der Waals surface area (Å²) in [6.07, 6.45) is 2.00. The van der Waals surface area contributed by atoms with Gasteiger partial charge in [-0.15, -0.1) is 17.3 Å². The van der Waals surface area contributed by atoms with Crippen LogP contribution in [0.15, 0.2) is 41.7 Å². The number of likely N-dealkylation sites (N-methyl/N-ethyl adjacent to an activating group) is 1. The van der Waals surface area contributed by atoms with Crippen molar-refractivity contribution in [2.75, 3.05) is 48.6 Å². The highest BCUT2D eigenvalue weighted by molar-refractivity contribution is 5.85. The molecule has 2 aromatic carbocycles. The Kier molecular flexibility index (Phi) is 13.2. The molecule has 0 aliphatic heterocycles. The Morgan fingerprint density at radius 2 is 1.46 bits per heavy atom. The van der Waals surface area contributed by atoms with Gasteiger partial charge in [0.05, 0.1) is 33.9 Å². The van der Waals surface area contributed by atoms with Gasteiger partial charge in [0.1, 0.15) is 0 Å². The molecule has 37 heavy (non-hydrogen) atoms. The summed E-state index contributed by atoms with van der Waals surface area (Å²) in [5.41, 5.74) is 0.760. The summed E-state index contributed by atoms with van der Waals surface area (Å²) in [4.78, 5) is 30.9. The molecule has 0 fully saturated rings. The van der Waals surface area contributed by atoms with Gasteiger partial charge in [-0.3, -0.25) is 4.84 Å². The van der Waals surface area contributed by atoms with Crippen LogP contribution in [0.4, 0.5) is 0 Å². The smallest absolute Gasteiger partial charge is 0.349 e. The van der Waals surface area contributed by atoms with E-state index in [0.717, 1.165) is 25.1 Å². The molecule has 206 valence electrons. The van der Waals surface area contributed by atoms with Gasteiger partial charge < -0.3 is 23.8 Å². The van der Waals surface area contributed by atoms with E-state index in [2.05, 4.69) is 15.1 Å². The van der Waals surface area contributed by atoms with Crippen molar-refractivity contribution in [3.63, 3.8) is 0 Å². The monoisotopic (exact) mass is 538 g/mol. The fourth-order valence-electron chi connectivity index (χ4n) is 4.55. The fraction of sp³-hybridized carbons (Fsp3) is 0.519. The molecule has 1 unspecified atom stereocenters. The maximum atomic E-state index is 13.1. The van der Waals surface area contributed by atoms with Crippen LogP contribution in [0, 0.1) is 10.8 Å². The van der Waals surface area contributed by atoms with E-state index in [9.17, 15) is 9.70 Å². The molecular formula is C27H39ClN2O7. The molecule has 0 amide bonds. The summed E-state index contributed by atoms with van der Waals surface area (Å²) in [5, 5.41) is 2.43. The Hall–Kier alpha value is -3.04. The molecule has 0 aromatic heterocycles. The lowest BCUT2D eigenvalue weighted by molar-refractivity contribution is -0.153. The molecule has 0 saturated carbocycles. The van der Waals surface area contributed by atoms with Gasteiger partial charge in [0.15, 0.2) is 28.3 Å². The van der Waals surface area contributed by atoms with Crippen molar-refractivity contribution in [2.24, 2.45) is 11.3 Å². The highest BCUT2D eigenvalue weighted by Gasteiger charge is 2.45. The predicted octanol–water partition coefficient (Wildman–Crippen LogP) is 5.22. The first kappa shape index (κ1) is 32.0. The zero-order chi connectivity index (χ0) is 26.7.